The number of halogens is 1. The van der Waals surface area contributed by atoms with Crippen LogP contribution < -0.4 is 0 Å². The third-order valence-electron chi connectivity index (χ3n) is 3.18. The number of carbonyl (C=O) groups is 1. The Morgan fingerprint density at radius 3 is 2.89 bits per heavy atom. The first kappa shape index (κ1) is 14.3. The van der Waals surface area contributed by atoms with Crippen LogP contribution in [0.15, 0.2) is 12.1 Å². The van der Waals surface area contributed by atoms with E-state index in [1.165, 1.54) is 0 Å². The minimum Gasteiger partial charge on any atom is -0.375 e. The Kier molecular flexibility index (Phi) is 4.42. The highest BCUT2D eigenvalue weighted by Crippen LogP contribution is 2.19. The van der Waals surface area contributed by atoms with Gasteiger partial charge in [-0.05, 0) is 25.0 Å². The van der Waals surface area contributed by atoms with E-state index in [4.69, 9.17) is 16.3 Å². The minimum absolute atomic E-state index is 0.00125. The molecule has 104 valence electrons. The van der Waals surface area contributed by atoms with Crippen molar-refractivity contribution < 1.29 is 9.53 Å². The summed E-state index contributed by atoms with van der Waals surface area (Å²) in [5.41, 5.74) is 1.45. The number of morpholine rings is 1. The van der Waals surface area contributed by atoms with E-state index in [1.807, 2.05) is 31.7 Å². The quantitative estimate of drug-likeness (QED) is 0.783. The number of aromatic nitrogens is 1. The molecule has 1 saturated heterocycles. The lowest BCUT2D eigenvalue weighted by Gasteiger charge is -2.31. The summed E-state index contributed by atoms with van der Waals surface area (Å²) in [5.74, 6) is 0.246. The summed E-state index contributed by atoms with van der Waals surface area (Å²) in [6.45, 7) is 7.87. The van der Waals surface area contributed by atoms with Crippen molar-refractivity contribution in [1.82, 2.24) is 9.88 Å². The predicted octanol–water partition coefficient (Wildman–Crippen LogP) is 2.72. The van der Waals surface area contributed by atoms with Crippen molar-refractivity contribution in [2.75, 3.05) is 19.7 Å². The van der Waals surface area contributed by atoms with E-state index in [1.54, 1.807) is 6.07 Å². The van der Waals surface area contributed by atoms with E-state index >= 15 is 0 Å². The highest BCUT2D eigenvalue weighted by molar-refractivity contribution is 6.29. The fraction of sp³-hybridized carbons (Fsp3) is 0.571. The second-order valence-electron chi connectivity index (χ2n) is 5.19. The smallest absolute Gasteiger partial charge is 0.254 e. The molecule has 2 heterocycles. The van der Waals surface area contributed by atoms with Crippen molar-refractivity contribution in [2.24, 2.45) is 0 Å². The molecule has 0 aromatic carbocycles. The van der Waals surface area contributed by atoms with Gasteiger partial charge in [0.25, 0.3) is 5.91 Å². The first-order valence-corrected chi connectivity index (χ1v) is 6.93. The lowest BCUT2D eigenvalue weighted by Crippen LogP contribution is -2.44. The topological polar surface area (TPSA) is 42.4 Å². The lowest BCUT2D eigenvalue weighted by atomic mass is 10.1. The Hall–Kier alpha value is -1.13. The van der Waals surface area contributed by atoms with E-state index in [2.05, 4.69) is 4.98 Å². The van der Waals surface area contributed by atoms with E-state index < -0.39 is 0 Å². The molecule has 1 aromatic heterocycles. The van der Waals surface area contributed by atoms with Gasteiger partial charge < -0.3 is 9.64 Å². The average molecular weight is 283 g/mol. The van der Waals surface area contributed by atoms with Crippen molar-refractivity contribution >= 4 is 17.5 Å². The zero-order valence-electron chi connectivity index (χ0n) is 11.5. The molecule has 0 N–H and O–H groups in total. The maximum Gasteiger partial charge on any atom is 0.254 e. The van der Waals surface area contributed by atoms with E-state index in [0.29, 0.717) is 30.4 Å². The van der Waals surface area contributed by atoms with Gasteiger partial charge in [0.05, 0.1) is 12.7 Å². The largest absolute Gasteiger partial charge is 0.375 e. The molecule has 1 unspecified atom stereocenters. The van der Waals surface area contributed by atoms with Crippen LogP contribution in [0.2, 0.25) is 5.15 Å². The average Bonchev–Trinajstić information content (AvgIpc) is 2.37. The summed E-state index contributed by atoms with van der Waals surface area (Å²) in [4.78, 5) is 18.5. The number of carbonyl (C=O) groups excluding carboxylic acids is 1. The van der Waals surface area contributed by atoms with Crippen molar-refractivity contribution in [3.05, 3.63) is 28.5 Å². The zero-order chi connectivity index (χ0) is 14.0. The van der Waals surface area contributed by atoms with Crippen molar-refractivity contribution in [1.29, 1.82) is 0 Å². The summed E-state index contributed by atoms with van der Waals surface area (Å²) in [6, 6.07) is 3.47. The van der Waals surface area contributed by atoms with Crippen LogP contribution in [0.4, 0.5) is 0 Å². The number of hydrogen-bond acceptors (Lipinski definition) is 3. The third kappa shape index (κ3) is 3.45. The normalized spacial score (nSPS) is 19.8. The maximum absolute atomic E-state index is 12.5. The van der Waals surface area contributed by atoms with Gasteiger partial charge in [-0.15, -0.1) is 0 Å². The molecular weight excluding hydrogens is 264 g/mol. The van der Waals surface area contributed by atoms with Crippen LogP contribution in [0.3, 0.4) is 0 Å². The number of pyridine rings is 1. The third-order valence-corrected chi connectivity index (χ3v) is 3.37. The fourth-order valence-corrected chi connectivity index (χ4v) is 2.34. The Labute approximate surface area is 118 Å². The second kappa shape index (κ2) is 5.88. The molecule has 0 radical (unpaired) electrons. The number of ether oxygens (including phenoxy) is 1. The molecule has 0 saturated carbocycles. The summed E-state index contributed by atoms with van der Waals surface area (Å²) in [6.07, 6.45) is 0.0829. The molecule has 0 spiro atoms. The molecule has 0 bridgehead atoms. The minimum atomic E-state index is 0.00125. The van der Waals surface area contributed by atoms with Gasteiger partial charge in [0, 0.05) is 24.3 Å². The SMILES string of the molecule is CC1CN(C(=O)c2cc(Cl)nc(C(C)C)c2)CCO1. The molecule has 1 fully saturated rings. The van der Waals surface area contributed by atoms with Crippen LogP contribution in [0, 0.1) is 0 Å². The van der Waals surface area contributed by atoms with Crippen LogP contribution in [-0.2, 0) is 4.74 Å². The van der Waals surface area contributed by atoms with Crippen LogP contribution >= 0.6 is 11.6 Å². The van der Waals surface area contributed by atoms with E-state index in [9.17, 15) is 4.79 Å². The summed E-state index contributed by atoms with van der Waals surface area (Å²) in [5, 5.41) is 0.371. The Balaban J connectivity index is 2.23. The first-order valence-electron chi connectivity index (χ1n) is 6.55. The summed E-state index contributed by atoms with van der Waals surface area (Å²) >= 11 is 6.00. The van der Waals surface area contributed by atoms with Crippen LogP contribution in [0.5, 0.6) is 0 Å². The van der Waals surface area contributed by atoms with Gasteiger partial charge in [-0.25, -0.2) is 4.98 Å². The predicted molar refractivity (Wildman–Crippen MR) is 74.7 cm³/mol. The van der Waals surface area contributed by atoms with Gasteiger partial charge >= 0.3 is 0 Å². The molecule has 2 rings (SSSR count). The second-order valence-corrected chi connectivity index (χ2v) is 5.58. The standard InChI is InChI=1S/C14H19ClN2O2/c1-9(2)12-6-11(7-13(15)16-12)14(18)17-4-5-19-10(3)8-17/h6-7,9-10H,4-5,8H2,1-3H3. The molecule has 1 aromatic rings. The summed E-state index contributed by atoms with van der Waals surface area (Å²) < 4.78 is 5.45. The molecule has 1 aliphatic heterocycles. The van der Waals surface area contributed by atoms with E-state index in [-0.39, 0.29) is 17.9 Å². The van der Waals surface area contributed by atoms with Crippen molar-refractivity contribution in [3.63, 3.8) is 0 Å². The zero-order valence-corrected chi connectivity index (χ0v) is 12.3. The summed E-state index contributed by atoms with van der Waals surface area (Å²) in [7, 11) is 0. The van der Waals surface area contributed by atoms with Gasteiger partial charge in [-0.3, -0.25) is 4.79 Å². The Morgan fingerprint density at radius 2 is 2.26 bits per heavy atom. The van der Waals surface area contributed by atoms with Gasteiger partial charge in [0.1, 0.15) is 5.15 Å². The van der Waals surface area contributed by atoms with Crippen LogP contribution in [0.1, 0.15) is 42.7 Å². The molecule has 19 heavy (non-hydrogen) atoms. The molecule has 1 aliphatic rings. The number of amides is 1. The molecule has 1 amide bonds. The lowest BCUT2D eigenvalue weighted by molar-refractivity contribution is -0.0124. The van der Waals surface area contributed by atoms with Gasteiger partial charge in [-0.2, -0.15) is 0 Å². The molecule has 4 nitrogen and oxygen atoms in total. The number of rotatable bonds is 2. The van der Waals surface area contributed by atoms with Crippen LogP contribution in [-0.4, -0.2) is 41.6 Å². The van der Waals surface area contributed by atoms with Crippen LogP contribution in [0.25, 0.3) is 0 Å². The maximum atomic E-state index is 12.5. The molecule has 1 atom stereocenters. The fourth-order valence-electron chi connectivity index (χ4n) is 2.12. The Morgan fingerprint density at radius 1 is 1.53 bits per heavy atom. The molecule has 5 heteroatoms. The van der Waals surface area contributed by atoms with Gasteiger partial charge in [-0.1, -0.05) is 25.4 Å². The number of nitrogens with zero attached hydrogens (tertiary/aromatic N) is 2. The van der Waals surface area contributed by atoms with Crippen molar-refractivity contribution in [3.8, 4) is 0 Å². The van der Waals surface area contributed by atoms with Crippen molar-refractivity contribution in [2.45, 2.75) is 32.8 Å². The molecule has 0 aliphatic carbocycles. The monoisotopic (exact) mass is 282 g/mol. The van der Waals surface area contributed by atoms with Gasteiger partial charge in [0.15, 0.2) is 0 Å². The van der Waals surface area contributed by atoms with E-state index in [0.717, 1.165) is 5.69 Å². The number of hydrogen-bond donors (Lipinski definition) is 0. The first-order chi connectivity index (χ1) is 8.97. The Bertz CT molecular complexity index is 477. The molecular formula is C14H19ClN2O2. The van der Waals surface area contributed by atoms with Gasteiger partial charge in [0.2, 0.25) is 0 Å². The highest BCUT2D eigenvalue weighted by atomic mass is 35.5. The highest BCUT2D eigenvalue weighted by Gasteiger charge is 2.23.